The predicted molar refractivity (Wildman–Crippen MR) is 52.9 cm³/mol. The zero-order chi connectivity index (χ0) is 9.15. The zero-order valence-electron chi connectivity index (χ0n) is 7.49. The fourth-order valence-corrected chi connectivity index (χ4v) is 2.45. The van der Waals surface area contributed by atoms with Crippen LogP contribution in [-0.2, 0) is 6.42 Å². The van der Waals surface area contributed by atoms with Crippen LogP contribution < -0.4 is 5.32 Å². The Labute approximate surface area is 81.8 Å². The molecule has 4 heteroatoms. The number of nitrogens with zero attached hydrogens (tertiary/aromatic N) is 1. The Morgan fingerprint density at radius 1 is 1.54 bits per heavy atom. The molecule has 1 aromatic rings. The van der Waals surface area contributed by atoms with Crippen LogP contribution >= 0.6 is 11.3 Å². The van der Waals surface area contributed by atoms with Crippen molar-refractivity contribution >= 4 is 11.3 Å². The highest BCUT2D eigenvalue weighted by molar-refractivity contribution is 7.09. The van der Waals surface area contributed by atoms with Gasteiger partial charge in [-0.1, -0.05) is 0 Å². The van der Waals surface area contributed by atoms with Gasteiger partial charge in [-0.2, -0.15) is 0 Å². The van der Waals surface area contributed by atoms with Gasteiger partial charge < -0.3 is 10.4 Å². The number of nitrogens with one attached hydrogen (secondary N) is 1. The van der Waals surface area contributed by atoms with Crippen molar-refractivity contribution in [2.75, 3.05) is 13.1 Å². The highest BCUT2D eigenvalue weighted by Crippen LogP contribution is 2.24. The molecule has 0 aliphatic carbocycles. The third-order valence-corrected chi connectivity index (χ3v) is 3.30. The van der Waals surface area contributed by atoms with Crippen LogP contribution in [0.5, 0.6) is 0 Å². The SMILES string of the molecule is OC1(Cc2cncs2)CCNCC1. The summed E-state index contributed by atoms with van der Waals surface area (Å²) in [5, 5.41) is 13.4. The quantitative estimate of drug-likeness (QED) is 0.739. The lowest BCUT2D eigenvalue weighted by atomic mass is 9.89. The molecule has 0 saturated carbocycles. The number of rotatable bonds is 2. The highest BCUT2D eigenvalue weighted by atomic mass is 32.1. The van der Waals surface area contributed by atoms with Gasteiger partial charge in [0.2, 0.25) is 0 Å². The second-order valence-corrected chi connectivity index (χ2v) is 4.59. The van der Waals surface area contributed by atoms with Gasteiger partial charge in [-0.05, 0) is 25.9 Å². The molecule has 0 amide bonds. The van der Waals surface area contributed by atoms with Gasteiger partial charge in [0.05, 0.1) is 11.1 Å². The van der Waals surface area contributed by atoms with E-state index in [1.54, 1.807) is 11.3 Å². The molecule has 1 aliphatic rings. The maximum atomic E-state index is 10.2. The van der Waals surface area contributed by atoms with Crippen molar-refractivity contribution in [1.82, 2.24) is 10.3 Å². The molecule has 2 rings (SSSR count). The van der Waals surface area contributed by atoms with E-state index in [2.05, 4.69) is 10.3 Å². The highest BCUT2D eigenvalue weighted by Gasteiger charge is 2.29. The lowest BCUT2D eigenvalue weighted by Crippen LogP contribution is -2.43. The molecule has 2 heterocycles. The topological polar surface area (TPSA) is 45.2 Å². The largest absolute Gasteiger partial charge is 0.389 e. The van der Waals surface area contributed by atoms with Crippen LogP contribution in [0.15, 0.2) is 11.7 Å². The van der Waals surface area contributed by atoms with Crippen LogP contribution in [0.3, 0.4) is 0 Å². The molecule has 0 spiro atoms. The molecule has 0 atom stereocenters. The van der Waals surface area contributed by atoms with E-state index >= 15 is 0 Å². The van der Waals surface area contributed by atoms with Crippen molar-refractivity contribution < 1.29 is 5.11 Å². The van der Waals surface area contributed by atoms with E-state index < -0.39 is 5.60 Å². The molecular formula is C9H14N2OS. The molecule has 1 fully saturated rings. The predicted octanol–water partition coefficient (Wildman–Crippen LogP) is 0.800. The van der Waals surface area contributed by atoms with Crippen LogP contribution in [-0.4, -0.2) is 28.8 Å². The minimum Gasteiger partial charge on any atom is -0.389 e. The van der Waals surface area contributed by atoms with Gasteiger partial charge >= 0.3 is 0 Å². The minimum atomic E-state index is -0.488. The van der Waals surface area contributed by atoms with E-state index in [-0.39, 0.29) is 0 Å². The van der Waals surface area contributed by atoms with Crippen molar-refractivity contribution in [3.63, 3.8) is 0 Å². The lowest BCUT2D eigenvalue weighted by molar-refractivity contribution is 0.0115. The summed E-state index contributed by atoms with van der Waals surface area (Å²) in [5.74, 6) is 0. The average molecular weight is 198 g/mol. The average Bonchev–Trinajstić information content (AvgIpc) is 2.57. The molecule has 0 unspecified atom stereocenters. The third kappa shape index (κ3) is 2.27. The van der Waals surface area contributed by atoms with Crippen LogP contribution in [0.2, 0.25) is 0 Å². The molecule has 72 valence electrons. The summed E-state index contributed by atoms with van der Waals surface area (Å²) in [4.78, 5) is 5.20. The van der Waals surface area contributed by atoms with Crippen LogP contribution in [0, 0.1) is 0 Å². The maximum absolute atomic E-state index is 10.2. The zero-order valence-corrected chi connectivity index (χ0v) is 8.31. The van der Waals surface area contributed by atoms with Gasteiger partial charge in [-0.15, -0.1) is 11.3 Å². The number of aliphatic hydroxyl groups is 1. The third-order valence-electron chi connectivity index (χ3n) is 2.52. The first kappa shape index (κ1) is 9.12. The number of thiazole rings is 1. The fraction of sp³-hybridized carbons (Fsp3) is 0.667. The molecule has 3 nitrogen and oxygen atoms in total. The van der Waals surface area contributed by atoms with Crippen molar-refractivity contribution in [2.45, 2.75) is 24.9 Å². The van der Waals surface area contributed by atoms with Crippen molar-refractivity contribution in [2.24, 2.45) is 0 Å². The molecule has 1 saturated heterocycles. The fourth-order valence-electron chi connectivity index (χ4n) is 1.72. The van der Waals surface area contributed by atoms with Crippen molar-refractivity contribution in [3.8, 4) is 0 Å². The summed E-state index contributed by atoms with van der Waals surface area (Å²) < 4.78 is 0. The summed E-state index contributed by atoms with van der Waals surface area (Å²) in [6.45, 7) is 1.85. The van der Waals surface area contributed by atoms with E-state index in [1.165, 1.54) is 4.88 Å². The van der Waals surface area contributed by atoms with E-state index in [0.717, 1.165) is 32.4 Å². The van der Waals surface area contributed by atoms with Gasteiger partial charge in [-0.3, -0.25) is 4.98 Å². The van der Waals surface area contributed by atoms with Gasteiger partial charge in [0.25, 0.3) is 0 Å². The van der Waals surface area contributed by atoms with Crippen LogP contribution in [0.1, 0.15) is 17.7 Å². The van der Waals surface area contributed by atoms with Crippen LogP contribution in [0.25, 0.3) is 0 Å². The Bertz CT molecular complexity index is 255. The monoisotopic (exact) mass is 198 g/mol. The Morgan fingerprint density at radius 2 is 2.31 bits per heavy atom. The van der Waals surface area contributed by atoms with Crippen LogP contribution in [0.4, 0.5) is 0 Å². The maximum Gasteiger partial charge on any atom is 0.0794 e. The first-order chi connectivity index (χ1) is 6.29. The van der Waals surface area contributed by atoms with Gasteiger partial charge in [-0.25, -0.2) is 0 Å². The van der Waals surface area contributed by atoms with Gasteiger partial charge in [0.15, 0.2) is 0 Å². The standard InChI is InChI=1S/C9H14N2OS/c12-9(1-3-10-4-2-9)5-8-6-11-7-13-8/h6-7,10,12H,1-5H2. The Kier molecular flexibility index (Phi) is 2.62. The number of hydrogen-bond acceptors (Lipinski definition) is 4. The van der Waals surface area contributed by atoms with Gasteiger partial charge in [0.1, 0.15) is 0 Å². The molecule has 0 radical (unpaired) electrons. The summed E-state index contributed by atoms with van der Waals surface area (Å²) in [6, 6.07) is 0. The summed E-state index contributed by atoms with van der Waals surface area (Å²) >= 11 is 1.62. The Balaban J connectivity index is 1.99. The molecular weight excluding hydrogens is 184 g/mol. The summed E-state index contributed by atoms with van der Waals surface area (Å²) in [5.41, 5.74) is 1.33. The molecule has 1 aliphatic heterocycles. The summed E-state index contributed by atoms with van der Waals surface area (Å²) in [7, 11) is 0. The number of piperidine rings is 1. The normalized spacial score (nSPS) is 21.6. The Morgan fingerprint density at radius 3 is 2.92 bits per heavy atom. The molecule has 1 aromatic heterocycles. The minimum absolute atomic E-state index is 0.488. The Hall–Kier alpha value is -0.450. The molecule has 0 bridgehead atoms. The lowest BCUT2D eigenvalue weighted by Gasteiger charge is -2.32. The molecule has 13 heavy (non-hydrogen) atoms. The van der Waals surface area contributed by atoms with E-state index in [0.29, 0.717) is 0 Å². The molecule has 0 aromatic carbocycles. The number of aromatic nitrogens is 1. The first-order valence-electron chi connectivity index (χ1n) is 4.59. The van der Waals surface area contributed by atoms with E-state index in [1.807, 2.05) is 11.7 Å². The molecule has 2 N–H and O–H groups in total. The summed E-state index contributed by atoms with van der Waals surface area (Å²) in [6.07, 6.45) is 4.32. The second-order valence-electron chi connectivity index (χ2n) is 3.62. The first-order valence-corrected chi connectivity index (χ1v) is 5.47. The smallest absolute Gasteiger partial charge is 0.0794 e. The van der Waals surface area contributed by atoms with E-state index in [4.69, 9.17) is 0 Å². The second kappa shape index (κ2) is 3.74. The van der Waals surface area contributed by atoms with Gasteiger partial charge in [0, 0.05) is 17.5 Å². The van der Waals surface area contributed by atoms with Crippen molar-refractivity contribution in [3.05, 3.63) is 16.6 Å². The van der Waals surface area contributed by atoms with Crippen molar-refractivity contribution in [1.29, 1.82) is 0 Å². The van der Waals surface area contributed by atoms with E-state index in [9.17, 15) is 5.11 Å². The number of hydrogen-bond donors (Lipinski definition) is 2.